The molecular formula is C14H13ClN2O5. The fourth-order valence-electron chi connectivity index (χ4n) is 2.00. The highest BCUT2D eigenvalue weighted by Crippen LogP contribution is 2.32. The summed E-state index contributed by atoms with van der Waals surface area (Å²) < 4.78 is 14.4. The number of halogens is 1. The van der Waals surface area contributed by atoms with Crippen molar-refractivity contribution in [1.29, 1.82) is 0 Å². The Hall–Kier alpha value is -2.41. The van der Waals surface area contributed by atoms with Gasteiger partial charge in [0, 0.05) is 17.8 Å². The molecule has 0 N–H and O–H groups in total. The fourth-order valence-corrected chi connectivity index (χ4v) is 2.25. The average Bonchev–Trinajstić information content (AvgIpc) is 2.55. The molecule has 0 unspecified atom stereocenters. The van der Waals surface area contributed by atoms with Crippen LogP contribution in [0.2, 0.25) is 5.02 Å². The van der Waals surface area contributed by atoms with Crippen LogP contribution in [0.25, 0.3) is 11.0 Å². The topological polar surface area (TPSA) is 87.6 Å². The van der Waals surface area contributed by atoms with Gasteiger partial charge in [-0.1, -0.05) is 11.6 Å². The maximum Gasteiger partial charge on any atom is 0.324 e. The highest BCUT2D eigenvalue weighted by atomic mass is 35.5. The van der Waals surface area contributed by atoms with E-state index in [4.69, 9.17) is 16.3 Å². The SMILES string of the molecule is COC(=O)C(C(=O)OC)c1c(Cl)cnc2ccc(OC)nc12. The van der Waals surface area contributed by atoms with E-state index in [1.165, 1.54) is 27.5 Å². The van der Waals surface area contributed by atoms with Gasteiger partial charge in [0.25, 0.3) is 0 Å². The summed E-state index contributed by atoms with van der Waals surface area (Å²) in [6.07, 6.45) is 1.34. The van der Waals surface area contributed by atoms with E-state index in [-0.39, 0.29) is 16.1 Å². The lowest BCUT2D eigenvalue weighted by molar-refractivity contribution is -0.154. The van der Waals surface area contributed by atoms with Crippen molar-refractivity contribution < 1.29 is 23.8 Å². The Morgan fingerprint density at radius 1 is 1.14 bits per heavy atom. The van der Waals surface area contributed by atoms with E-state index in [9.17, 15) is 9.59 Å². The molecule has 8 heteroatoms. The number of fused-ring (bicyclic) bond motifs is 1. The van der Waals surface area contributed by atoms with Crippen LogP contribution in [0.4, 0.5) is 0 Å². The van der Waals surface area contributed by atoms with Gasteiger partial charge in [0.15, 0.2) is 5.92 Å². The Morgan fingerprint density at radius 2 is 1.77 bits per heavy atom. The maximum absolute atomic E-state index is 12.0. The van der Waals surface area contributed by atoms with Crippen molar-refractivity contribution in [2.24, 2.45) is 0 Å². The number of rotatable bonds is 4. The number of carbonyl (C=O) groups excluding carboxylic acids is 2. The smallest absolute Gasteiger partial charge is 0.324 e. The van der Waals surface area contributed by atoms with Crippen LogP contribution in [0.5, 0.6) is 5.88 Å². The van der Waals surface area contributed by atoms with Gasteiger partial charge in [-0.05, 0) is 6.07 Å². The van der Waals surface area contributed by atoms with Gasteiger partial charge in [-0.15, -0.1) is 0 Å². The Bertz CT molecular complexity index is 718. The number of methoxy groups -OCH3 is 3. The van der Waals surface area contributed by atoms with Crippen molar-refractivity contribution in [2.45, 2.75) is 5.92 Å². The first-order chi connectivity index (χ1) is 10.5. The molecule has 0 aromatic carbocycles. The molecule has 0 fully saturated rings. The Kier molecular flexibility index (Phi) is 4.77. The molecule has 0 bridgehead atoms. The van der Waals surface area contributed by atoms with Gasteiger partial charge in [-0.25, -0.2) is 4.98 Å². The largest absolute Gasteiger partial charge is 0.481 e. The van der Waals surface area contributed by atoms with Gasteiger partial charge in [0.1, 0.15) is 0 Å². The van der Waals surface area contributed by atoms with Crippen molar-refractivity contribution in [3.8, 4) is 5.88 Å². The molecule has 0 amide bonds. The molecule has 0 aliphatic rings. The van der Waals surface area contributed by atoms with E-state index in [0.29, 0.717) is 11.4 Å². The molecule has 7 nitrogen and oxygen atoms in total. The molecule has 22 heavy (non-hydrogen) atoms. The van der Waals surface area contributed by atoms with Crippen LogP contribution in [0, 0.1) is 0 Å². The number of hydrogen-bond acceptors (Lipinski definition) is 7. The zero-order valence-corrected chi connectivity index (χ0v) is 12.9. The minimum absolute atomic E-state index is 0.106. The molecule has 0 spiro atoms. The Balaban J connectivity index is 2.77. The van der Waals surface area contributed by atoms with Gasteiger partial charge < -0.3 is 14.2 Å². The molecule has 0 atom stereocenters. The normalized spacial score (nSPS) is 10.6. The van der Waals surface area contributed by atoms with Crippen LogP contribution in [0.3, 0.4) is 0 Å². The minimum Gasteiger partial charge on any atom is -0.481 e. The lowest BCUT2D eigenvalue weighted by Crippen LogP contribution is -2.25. The quantitative estimate of drug-likeness (QED) is 0.625. The Morgan fingerprint density at radius 3 is 2.32 bits per heavy atom. The molecule has 2 rings (SSSR count). The fraction of sp³-hybridized carbons (Fsp3) is 0.286. The summed E-state index contributed by atoms with van der Waals surface area (Å²) in [5.41, 5.74) is 0.898. The van der Waals surface area contributed by atoms with Crippen molar-refractivity contribution in [3.63, 3.8) is 0 Å². The summed E-state index contributed by atoms with van der Waals surface area (Å²) in [7, 11) is 3.79. The summed E-state index contributed by atoms with van der Waals surface area (Å²) in [5, 5.41) is 0.106. The van der Waals surface area contributed by atoms with Crippen molar-refractivity contribution in [3.05, 3.63) is 28.9 Å². The number of hydrogen-bond donors (Lipinski definition) is 0. The van der Waals surface area contributed by atoms with Crippen LogP contribution in [0.15, 0.2) is 18.3 Å². The average molecular weight is 325 g/mol. The molecule has 0 aliphatic carbocycles. The van der Waals surface area contributed by atoms with Crippen LogP contribution in [0.1, 0.15) is 11.5 Å². The molecule has 116 valence electrons. The molecule has 0 saturated heterocycles. The summed E-state index contributed by atoms with van der Waals surface area (Å²) in [4.78, 5) is 32.3. The third kappa shape index (κ3) is 2.80. The first-order valence-corrected chi connectivity index (χ1v) is 6.56. The highest BCUT2D eigenvalue weighted by molar-refractivity contribution is 6.33. The number of aromatic nitrogens is 2. The van der Waals surface area contributed by atoms with E-state index in [1.807, 2.05) is 0 Å². The highest BCUT2D eigenvalue weighted by Gasteiger charge is 2.35. The molecule has 2 heterocycles. The van der Waals surface area contributed by atoms with E-state index < -0.39 is 17.9 Å². The summed E-state index contributed by atoms with van der Waals surface area (Å²) in [5.74, 6) is -2.66. The van der Waals surface area contributed by atoms with E-state index in [1.54, 1.807) is 12.1 Å². The van der Waals surface area contributed by atoms with E-state index in [0.717, 1.165) is 0 Å². The van der Waals surface area contributed by atoms with Gasteiger partial charge in [0.05, 0.1) is 37.4 Å². The van der Waals surface area contributed by atoms with Crippen molar-refractivity contribution >= 4 is 34.6 Å². The molecule has 2 aromatic heterocycles. The summed E-state index contributed by atoms with van der Waals surface area (Å²) in [6.45, 7) is 0. The molecule has 0 radical (unpaired) electrons. The number of esters is 2. The second kappa shape index (κ2) is 6.57. The van der Waals surface area contributed by atoms with E-state index in [2.05, 4.69) is 19.4 Å². The predicted octanol–water partition coefficient (Wildman–Crippen LogP) is 1.72. The molecule has 0 aliphatic heterocycles. The van der Waals surface area contributed by atoms with Gasteiger partial charge in [-0.3, -0.25) is 14.6 Å². The van der Waals surface area contributed by atoms with Crippen molar-refractivity contribution in [2.75, 3.05) is 21.3 Å². The number of ether oxygens (including phenoxy) is 3. The third-order valence-corrected chi connectivity index (χ3v) is 3.35. The molecule has 0 saturated carbocycles. The second-order valence-electron chi connectivity index (χ2n) is 4.22. The lowest BCUT2D eigenvalue weighted by Gasteiger charge is -2.16. The van der Waals surface area contributed by atoms with Crippen LogP contribution in [-0.2, 0) is 19.1 Å². The number of nitrogens with zero attached hydrogens (tertiary/aromatic N) is 2. The number of carbonyl (C=O) groups is 2. The van der Waals surface area contributed by atoms with Gasteiger partial charge >= 0.3 is 11.9 Å². The zero-order valence-electron chi connectivity index (χ0n) is 12.1. The maximum atomic E-state index is 12.0. The standard InChI is InChI=1S/C14H13ClN2O5/c1-20-9-5-4-8-12(17-9)10(7(15)6-16-8)11(13(18)21-2)14(19)22-3/h4-6,11H,1-3H3. The minimum atomic E-state index is -1.35. The summed E-state index contributed by atoms with van der Waals surface area (Å²) >= 11 is 6.14. The summed E-state index contributed by atoms with van der Waals surface area (Å²) in [6, 6.07) is 3.25. The predicted molar refractivity (Wildman–Crippen MR) is 77.9 cm³/mol. The monoisotopic (exact) mass is 324 g/mol. The van der Waals surface area contributed by atoms with Crippen LogP contribution in [-0.4, -0.2) is 43.2 Å². The van der Waals surface area contributed by atoms with Gasteiger partial charge in [-0.2, -0.15) is 0 Å². The van der Waals surface area contributed by atoms with Crippen LogP contribution >= 0.6 is 11.6 Å². The van der Waals surface area contributed by atoms with Gasteiger partial charge in [0.2, 0.25) is 5.88 Å². The van der Waals surface area contributed by atoms with Crippen LogP contribution < -0.4 is 4.74 Å². The van der Waals surface area contributed by atoms with E-state index >= 15 is 0 Å². The Labute approximate surface area is 131 Å². The first kappa shape index (κ1) is 16.0. The number of pyridine rings is 2. The molecule has 2 aromatic rings. The zero-order chi connectivity index (χ0) is 16.3. The third-order valence-electron chi connectivity index (χ3n) is 3.05. The first-order valence-electron chi connectivity index (χ1n) is 6.18. The molecular weight excluding hydrogens is 312 g/mol. The van der Waals surface area contributed by atoms with Crippen molar-refractivity contribution in [1.82, 2.24) is 9.97 Å². The lowest BCUT2D eigenvalue weighted by atomic mass is 9.98. The second-order valence-corrected chi connectivity index (χ2v) is 4.63.